The first-order chi connectivity index (χ1) is 11.8. The molecule has 130 valence electrons. The van der Waals surface area contributed by atoms with Crippen LogP contribution in [0.1, 0.15) is 29.8 Å². The second kappa shape index (κ2) is 7.21. The third-order valence-corrected chi connectivity index (χ3v) is 3.81. The molecule has 1 atom stereocenters. The summed E-state index contributed by atoms with van der Waals surface area (Å²) in [6, 6.07) is 4.46. The van der Waals surface area contributed by atoms with Crippen molar-refractivity contribution in [2.75, 3.05) is 0 Å². The van der Waals surface area contributed by atoms with Crippen molar-refractivity contribution >= 4 is 5.78 Å². The monoisotopic (exact) mass is 347 g/mol. The van der Waals surface area contributed by atoms with Crippen LogP contribution in [0.3, 0.4) is 0 Å². The predicted octanol–water partition coefficient (Wildman–Crippen LogP) is 1.70. The van der Waals surface area contributed by atoms with E-state index in [1.807, 2.05) is 0 Å². The van der Waals surface area contributed by atoms with Gasteiger partial charge in [-0.05, 0) is 25.1 Å². The Labute approximate surface area is 141 Å². The number of nitriles is 1. The number of hydrogen-bond donors (Lipinski definition) is 0. The highest BCUT2D eigenvalue weighted by Crippen LogP contribution is 2.14. The Morgan fingerprint density at radius 1 is 1.28 bits per heavy atom. The Morgan fingerprint density at radius 2 is 1.96 bits per heavy atom. The van der Waals surface area contributed by atoms with E-state index < -0.39 is 34.6 Å². The number of ketones is 1. The van der Waals surface area contributed by atoms with Crippen molar-refractivity contribution in [1.29, 1.82) is 5.26 Å². The van der Waals surface area contributed by atoms with Gasteiger partial charge in [0.05, 0.1) is 0 Å². The van der Waals surface area contributed by atoms with Gasteiger partial charge in [-0.1, -0.05) is 6.92 Å². The average molecular weight is 347 g/mol. The minimum atomic E-state index is -1.16. The number of benzene rings is 1. The lowest BCUT2D eigenvalue weighted by Crippen LogP contribution is -2.42. The summed E-state index contributed by atoms with van der Waals surface area (Å²) in [7, 11) is 0. The zero-order chi connectivity index (χ0) is 18.7. The largest absolute Gasteiger partial charge is 0.331 e. The van der Waals surface area contributed by atoms with Crippen LogP contribution in [-0.4, -0.2) is 14.9 Å². The first-order valence-electron chi connectivity index (χ1n) is 7.53. The maximum atomic E-state index is 13.3. The molecular weight excluding hydrogens is 332 g/mol. The molecule has 1 unspecified atom stereocenters. The topological polar surface area (TPSA) is 84.9 Å². The molecule has 0 amide bonds. The highest BCUT2D eigenvalue weighted by atomic mass is 19.2. The van der Waals surface area contributed by atoms with Crippen LogP contribution >= 0.6 is 0 Å². The number of aromatic nitrogens is 2. The Hall–Kier alpha value is -3.08. The van der Waals surface area contributed by atoms with E-state index in [1.165, 1.54) is 17.7 Å². The predicted molar refractivity (Wildman–Crippen MR) is 85.2 cm³/mol. The molecule has 0 bridgehead atoms. The molecule has 0 radical (unpaired) electrons. The summed E-state index contributed by atoms with van der Waals surface area (Å²) in [6.45, 7) is 3.11. The van der Waals surface area contributed by atoms with Gasteiger partial charge in [-0.2, -0.15) is 5.26 Å². The van der Waals surface area contributed by atoms with Gasteiger partial charge in [0, 0.05) is 30.8 Å². The van der Waals surface area contributed by atoms with Gasteiger partial charge in [-0.3, -0.25) is 18.7 Å². The molecule has 0 spiro atoms. The van der Waals surface area contributed by atoms with Gasteiger partial charge in [0.2, 0.25) is 0 Å². The molecule has 25 heavy (non-hydrogen) atoms. The molecular formula is C17H15F2N3O3. The van der Waals surface area contributed by atoms with Gasteiger partial charge in [0.1, 0.15) is 11.6 Å². The van der Waals surface area contributed by atoms with Crippen LogP contribution in [0.15, 0.2) is 34.0 Å². The molecule has 0 saturated carbocycles. The van der Waals surface area contributed by atoms with E-state index in [2.05, 4.69) is 0 Å². The summed E-state index contributed by atoms with van der Waals surface area (Å²) < 4.78 is 28.3. The summed E-state index contributed by atoms with van der Waals surface area (Å²) in [5.41, 5.74) is -1.71. The SMILES string of the molecule is CCn1cc(C#N)c(=O)n(CC(C)C(=O)c2ccc(F)c(F)c2)c1=O. The van der Waals surface area contributed by atoms with Crippen molar-refractivity contribution in [3.63, 3.8) is 0 Å². The van der Waals surface area contributed by atoms with Crippen LogP contribution in [0, 0.1) is 28.9 Å². The molecule has 1 aromatic carbocycles. The number of rotatable bonds is 5. The molecule has 1 aromatic heterocycles. The first kappa shape index (κ1) is 18.3. The van der Waals surface area contributed by atoms with E-state index in [9.17, 15) is 23.2 Å². The van der Waals surface area contributed by atoms with Gasteiger partial charge in [-0.15, -0.1) is 0 Å². The maximum absolute atomic E-state index is 13.3. The van der Waals surface area contributed by atoms with E-state index in [-0.39, 0.29) is 24.2 Å². The molecule has 6 nitrogen and oxygen atoms in total. The van der Waals surface area contributed by atoms with Gasteiger partial charge in [-0.25, -0.2) is 13.6 Å². The van der Waals surface area contributed by atoms with E-state index in [0.717, 1.165) is 22.8 Å². The second-order valence-electron chi connectivity index (χ2n) is 5.53. The van der Waals surface area contributed by atoms with Crippen LogP contribution in [0.4, 0.5) is 8.78 Å². The summed E-state index contributed by atoms with van der Waals surface area (Å²) in [4.78, 5) is 36.8. The molecule has 0 aliphatic rings. The lowest BCUT2D eigenvalue weighted by Gasteiger charge is -2.14. The molecule has 0 aliphatic carbocycles. The third kappa shape index (κ3) is 3.55. The number of carbonyl (C=O) groups is 1. The van der Waals surface area contributed by atoms with Crippen LogP contribution in [0.5, 0.6) is 0 Å². The van der Waals surface area contributed by atoms with Crippen molar-refractivity contribution in [3.8, 4) is 6.07 Å². The average Bonchev–Trinajstić information content (AvgIpc) is 2.60. The molecule has 2 rings (SSSR count). The maximum Gasteiger partial charge on any atom is 0.331 e. The molecule has 1 heterocycles. The van der Waals surface area contributed by atoms with E-state index >= 15 is 0 Å². The molecule has 0 aliphatic heterocycles. The van der Waals surface area contributed by atoms with Crippen LogP contribution in [-0.2, 0) is 13.1 Å². The smallest absolute Gasteiger partial charge is 0.299 e. The van der Waals surface area contributed by atoms with E-state index in [0.29, 0.717) is 0 Å². The summed E-state index contributed by atoms with van der Waals surface area (Å²) in [5, 5.41) is 9.01. The zero-order valence-electron chi connectivity index (χ0n) is 13.6. The quantitative estimate of drug-likeness (QED) is 0.771. The van der Waals surface area contributed by atoms with Crippen molar-refractivity contribution in [3.05, 3.63) is 68.0 Å². The van der Waals surface area contributed by atoms with E-state index in [1.54, 1.807) is 13.0 Å². The standard InChI is InChI=1S/C17H15F2N3O3/c1-3-21-9-12(7-20)16(24)22(17(21)25)8-10(2)15(23)11-4-5-13(18)14(19)6-11/h4-6,9-10H,3,8H2,1-2H3. The highest BCUT2D eigenvalue weighted by molar-refractivity contribution is 5.97. The molecule has 0 N–H and O–H groups in total. The van der Waals surface area contributed by atoms with Crippen molar-refractivity contribution in [1.82, 2.24) is 9.13 Å². The minimum Gasteiger partial charge on any atom is -0.299 e. The molecule has 2 aromatic rings. The fourth-order valence-corrected chi connectivity index (χ4v) is 2.41. The lowest BCUT2D eigenvalue weighted by atomic mass is 9.99. The third-order valence-electron chi connectivity index (χ3n) is 3.81. The number of halogens is 2. The Kier molecular flexibility index (Phi) is 5.27. The number of Topliss-reactive ketones (excluding diaryl/α,β-unsaturated/α-hetero) is 1. The first-order valence-corrected chi connectivity index (χ1v) is 7.53. The zero-order valence-corrected chi connectivity index (χ0v) is 13.6. The van der Waals surface area contributed by atoms with Gasteiger partial charge < -0.3 is 0 Å². The molecule has 0 fully saturated rings. The minimum absolute atomic E-state index is 0.0632. The van der Waals surface area contributed by atoms with Gasteiger partial charge in [0.25, 0.3) is 5.56 Å². The van der Waals surface area contributed by atoms with Crippen LogP contribution < -0.4 is 11.2 Å². The summed E-state index contributed by atoms with van der Waals surface area (Å²) in [6.07, 6.45) is 1.17. The van der Waals surface area contributed by atoms with E-state index in [4.69, 9.17) is 5.26 Å². The number of nitrogens with zero attached hydrogens (tertiary/aromatic N) is 3. The Morgan fingerprint density at radius 3 is 2.52 bits per heavy atom. The Balaban J connectivity index is 2.40. The van der Waals surface area contributed by atoms with Crippen molar-refractivity contribution in [2.24, 2.45) is 5.92 Å². The fourth-order valence-electron chi connectivity index (χ4n) is 2.41. The molecule has 8 heteroatoms. The van der Waals surface area contributed by atoms with Gasteiger partial charge in [0.15, 0.2) is 17.4 Å². The Bertz CT molecular complexity index is 986. The van der Waals surface area contributed by atoms with Crippen LogP contribution in [0.2, 0.25) is 0 Å². The number of hydrogen-bond acceptors (Lipinski definition) is 4. The van der Waals surface area contributed by atoms with Crippen molar-refractivity contribution < 1.29 is 13.6 Å². The molecule has 0 saturated heterocycles. The normalized spacial score (nSPS) is 11.8. The summed E-state index contributed by atoms with van der Waals surface area (Å²) in [5.74, 6) is -3.63. The highest BCUT2D eigenvalue weighted by Gasteiger charge is 2.20. The van der Waals surface area contributed by atoms with Gasteiger partial charge >= 0.3 is 5.69 Å². The second-order valence-corrected chi connectivity index (χ2v) is 5.53. The number of carbonyl (C=O) groups excluding carboxylic acids is 1. The fraction of sp³-hybridized carbons (Fsp3) is 0.294. The lowest BCUT2D eigenvalue weighted by molar-refractivity contribution is 0.0916. The van der Waals surface area contributed by atoms with Crippen LogP contribution in [0.25, 0.3) is 0 Å². The number of aryl methyl sites for hydroxylation is 1. The summed E-state index contributed by atoms with van der Waals surface area (Å²) >= 11 is 0. The van der Waals surface area contributed by atoms with Crippen molar-refractivity contribution in [2.45, 2.75) is 26.9 Å².